The first-order valence-electron chi connectivity index (χ1n) is 7.03. The lowest BCUT2D eigenvalue weighted by Crippen LogP contribution is -2.48. The number of nitrogens with two attached hydrogens (primary N) is 1. The molecule has 1 aliphatic heterocycles. The van der Waals surface area contributed by atoms with E-state index in [4.69, 9.17) is 10.8 Å². The Balaban J connectivity index is 2.52. The van der Waals surface area contributed by atoms with Crippen molar-refractivity contribution in [3.8, 4) is 0 Å². The highest BCUT2D eigenvalue weighted by Crippen LogP contribution is 2.29. The highest BCUT2D eigenvalue weighted by atomic mass is 32.2. The Bertz CT molecular complexity index is 363. The van der Waals surface area contributed by atoms with Gasteiger partial charge in [0.05, 0.1) is 5.75 Å². The maximum absolute atomic E-state index is 12.2. The van der Waals surface area contributed by atoms with Gasteiger partial charge in [-0.25, -0.2) is 0 Å². The Hall–Kier alpha value is -0.750. The summed E-state index contributed by atoms with van der Waals surface area (Å²) in [5.41, 5.74) is 5.66. The molecule has 0 spiro atoms. The van der Waals surface area contributed by atoms with E-state index in [0.29, 0.717) is 11.8 Å². The number of hydrogen-bond acceptors (Lipinski definition) is 4. The first-order chi connectivity index (χ1) is 9.13. The van der Waals surface area contributed by atoms with Crippen molar-refractivity contribution < 1.29 is 14.7 Å². The number of hydrogen-bond donors (Lipinski definition) is 2. The molecule has 116 valence electrons. The number of rotatable bonds is 5. The Labute approximate surface area is 125 Å². The molecule has 1 saturated heterocycles. The molecule has 0 radical (unpaired) electrons. The van der Waals surface area contributed by atoms with E-state index in [1.165, 1.54) is 11.8 Å². The van der Waals surface area contributed by atoms with Gasteiger partial charge in [0, 0.05) is 17.8 Å². The summed E-state index contributed by atoms with van der Waals surface area (Å²) >= 11 is 1.32. The van der Waals surface area contributed by atoms with Crippen LogP contribution in [-0.2, 0) is 9.59 Å². The van der Waals surface area contributed by atoms with Gasteiger partial charge in [0.1, 0.15) is 6.04 Å². The SMILES string of the molecule is CC1CC(C)CN(C(=O)CSC(C)(C)[C@@H](N)C(=O)O)C1. The predicted molar refractivity (Wildman–Crippen MR) is 81.7 cm³/mol. The first kappa shape index (κ1) is 17.3. The molecule has 3 N–H and O–H groups in total. The van der Waals surface area contributed by atoms with Crippen LogP contribution < -0.4 is 5.73 Å². The van der Waals surface area contributed by atoms with Crippen LogP contribution >= 0.6 is 11.8 Å². The van der Waals surface area contributed by atoms with Gasteiger partial charge in [-0.3, -0.25) is 9.59 Å². The van der Waals surface area contributed by atoms with Crippen LogP contribution in [-0.4, -0.2) is 51.5 Å². The number of amides is 1. The predicted octanol–water partition coefficient (Wildman–Crippen LogP) is 1.41. The molecule has 0 bridgehead atoms. The van der Waals surface area contributed by atoms with Crippen molar-refractivity contribution in [1.29, 1.82) is 0 Å². The second-order valence-electron chi connectivity index (χ2n) is 6.45. The molecule has 3 atom stereocenters. The summed E-state index contributed by atoms with van der Waals surface area (Å²) in [5.74, 6) is 0.395. The molecule has 1 heterocycles. The Kier molecular flexibility index (Phi) is 5.89. The van der Waals surface area contributed by atoms with E-state index in [-0.39, 0.29) is 11.7 Å². The zero-order valence-electron chi connectivity index (χ0n) is 12.8. The lowest BCUT2D eigenvalue weighted by atomic mass is 9.92. The summed E-state index contributed by atoms with van der Waals surface area (Å²) in [7, 11) is 0. The van der Waals surface area contributed by atoms with E-state index in [2.05, 4.69) is 13.8 Å². The summed E-state index contributed by atoms with van der Waals surface area (Å²) in [6.45, 7) is 9.46. The maximum atomic E-state index is 12.2. The molecule has 0 aliphatic carbocycles. The number of carboxylic acid groups (broad SMARTS) is 1. The molecule has 1 fully saturated rings. The van der Waals surface area contributed by atoms with Crippen LogP contribution in [0.5, 0.6) is 0 Å². The van der Waals surface area contributed by atoms with Gasteiger partial charge < -0.3 is 15.7 Å². The van der Waals surface area contributed by atoms with Crippen molar-refractivity contribution in [2.45, 2.75) is 44.9 Å². The third-order valence-corrected chi connectivity index (χ3v) is 5.19. The van der Waals surface area contributed by atoms with Crippen LogP contribution in [0.25, 0.3) is 0 Å². The molecule has 0 aromatic rings. The van der Waals surface area contributed by atoms with Crippen molar-refractivity contribution in [3.05, 3.63) is 0 Å². The number of nitrogens with zero attached hydrogens (tertiary/aromatic N) is 1. The summed E-state index contributed by atoms with van der Waals surface area (Å²) in [5, 5.41) is 8.97. The van der Waals surface area contributed by atoms with Gasteiger partial charge in [-0.05, 0) is 32.1 Å². The largest absolute Gasteiger partial charge is 0.480 e. The highest BCUT2D eigenvalue weighted by Gasteiger charge is 2.34. The topological polar surface area (TPSA) is 83.6 Å². The summed E-state index contributed by atoms with van der Waals surface area (Å²) in [4.78, 5) is 25.1. The fourth-order valence-electron chi connectivity index (χ4n) is 2.59. The Morgan fingerprint density at radius 3 is 2.30 bits per heavy atom. The third-order valence-electron chi connectivity index (χ3n) is 3.80. The van der Waals surface area contributed by atoms with E-state index in [1.54, 1.807) is 13.8 Å². The normalized spacial score (nSPS) is 25.4. The van der Waals surface area contributed by atoms with E-state index in [1.807, 2.05) is 4.90 Å². The average molecular weight is 302 g/mol. The molecule has 20 heavy (non-hydrogen) atoms. The zero-order chi connectivity index (χ0) is 15.5. The third kappa shape index (κ3) is 4.66. The minimum absolute atomic E-state index is 0.0825. The zero-order valence-corrected chi connectivity index (χ0v) is 13.6. The van der Waals surface area contributed by atoms with Crippen LogP contribution in [0.3, 0.4) is 0 Å². The van der Waals surface area contributed by atoms with Gasteiger partial charge in [-0.2, -0.15) is 0 Å². The van der Waals surface area contributed by atoms with Crippen molar-refractivity contribution in [3.63, 3.8) is 0 Å². The van der Waals surface area contributed by atoms with Crippen molar-refractivity contribution in [2.24, 2.45) is 17.6 Å². The van der Waals surface area contributed by atoms with Crippen molar-refractivity contribution in [2.75, 3.05) is 18.8 Å². The second kappa shape index (κ2) is 6.80. The minimum atomic E-state index is -1.03. The molecule has 0 aromatic heterocycles. The molecule has 0 aromatic carbocycles. The van der Waals surface area contributed by atoms with Crippen LogP contribution in [0.15, 0.2) is 0 Å². The number of aliphatic carboxylic acids is 1. The smallest absolute Gasteiger partial charge is 0.321 e. The molecule has 1 rings (SSSR count). The standard InChI is InChI=1S/C14H26N2O3S/c1-9-5-10(2)7-16(6-9)11(17)8-20-14(3,4)12(15)13(18)19/h9-10,12H,5-8,15H2,1-4H3,(H,18,19)/t9?,10?,12-/m0/s1. The minimum Gasteiger partial charge on any atom is -0.480 e. The van der Waals surface area contributed by atoms with E-state index in [9.17, 15) is 9.59 Å². The van der Waals surface area contributed by atoms with Crippen molar-refractivity contribution >= 4 is 23.6 Å². The molecule has 6 heteroatoms. The average Bonchev–Trinajstić information content (AvgIpc) is 2.33. The van der Waals surface area contributed by atoms with Crippen LogP contribution in [0.1, 0.15) is 34.1 Å². The van der Waals surface area contributed by atoms with E-state index in [0.717, 1.165) is 19.5 Å². The number of carbonyl (C=O) groups excluding carboxylic acids is 1. The fraction of sp³-hybridized carbons (Fsp3) is 0.857. The van der Waals surface area contributed by atoms with Crippen LogP contribution in [0.2, 0.25) is 0 Å². The van der Waals surface area contributed by atoms with Gasteiger partial charge in [0.2, 0.25) is 5.91 Å². The number of thioether (sulfide) groups is 1. The monoisotopic (exact) mass is 302 g/mol. The molecular weight excluding hydrogens is 276 g/mol. The summed E-state index contributed by atoms with van der Waals surface area (Å²) in [6, 6.07) is -0.973. The van der Waals surface area contributed by atoms with Crippen molar-refractivity contribution in [1.82, 2.24) is 4.90 Å². The van der Waals surface area contributed by atoms with Crippen LogP contribution in [0, 0.1) is 11.8 Å². The Morgan fingerprint density at radius 2 is 1.85 bits per heavy atom. The Morgan fingerprint density at radius 1 is 1.35 bits per heavy atom. The maximum Gasteiger partial charge on any atom is 0.321 e. The lowest BCUT2D eigenvalue weighted by molar-refractivity contribution is -0.139. The molecule has 1 amide bonds. The molecule has 5 nitrogen and oxygen atoms in total. The second-order valence-corrected chi connectivity index (χ2v) is 8.08. The molecule has 2 unspecified atom stereocenters. The van der Waals surface area contributed by atoms with Gasteiger partial charge in [0.15, 0.2) is 0 Å². The molecular formula is C14H26N2O3S. The number of piperidine rings is 1. The molecule has 0 saturated carbocycles. The van der Waals surface area contributed by atoms with Gasteiger partial charge in [-0.15, -0.1) is 11.8 Å². The number of likely N-dealkylation sites (tertiary alicyclic amines) is 1. The number of carboxylic acids is 1. The van der Waals surface area contributed by atoms with E-state index < -0.39 is 16.8 Å². The fourth-order valence-corrected chi connectivity index (χ4v) is 3.55. The number of carbonyl (C=O) groups is 2. The van der Waals surface area contributed by atoms with Gasteiger partial charge >= 0.3 is 5.97 Å². The van der Waals surface area contributed by atoms with Gasteiger partial charge in [-0.1, -0.05) is 13.8 Å². The summed E-state index contributed by atoms with van der Waals surface area (Å²) < 4.78 is -0.658. The van der Waals surface area contributed by atoms with E-state index >= 15 is 0 Å². The first-order valence-corrected chi connectivity index (χ1v) is 8.02. The molecule has 1 aliphatic rings. The lowest BCUT2D eigenvalue weighted by Gasteiger charge is -2.36. The highest BCUT2D eigenvalue weighted by molar-refractivity contribution is 8.01. The van der Waals surface area contributed by atoms with Crippen LogP contribution in [0.4, 0.5) is 0 Å². The summed E-state index contributed by atoms with van der Waals surface area (Å²) in [6.07, 6.45) is 1.16. The quantitative estimate of drug-likeness (QED) is 0.802. The van der Waals surface area contributed by atoms with Gasteiger partial charge in [0.25, 0.3) is 0 Å².